The van der Waals surface area contributed by atoms with Crippen molar-refractivity contribution in [1.29, 1.82) is 0 Å². The average Bonchev–Trinajstić information content (AvgIpc) is 2.17. The van der Waals surface area contributed by atoms with Crippen molar-refractivity contribution < 1.29 is 19.8 Å². The molecule has 1 unspecified atom stereocenters. The molecule has 0 aromatic rings. The number of carboxylic acids is 1. The van der Waals surface area contributed by atoms with Gasteiger partial charge in [0.1, 0.15) is 6.04 Å². The van der Waals surface area contributed by atoms with E-state index in [9.17, 15) is 9.59 Å². The standard InChI is InChI=1S/C9H16N2O4/c1-2-4-10-6-8(13)11-7(3-5-12)9(14)15/h2,7,10,12H,1,3-6H2,(H,11,13)(H,14,15). The molecule has 0 saturated carbocycles. The largest absolute Gasteiger partial charge is 0.480 e. The van der Waals surface area contributed by atoms with Crippen LogP contribution in [0.25, 0.3) is 0 Å². The molecule has 1 amide bonds. The van der Waals surface area contributed by atoms with Gasteiger partial charge in [-0.2, -0.15) is 0 Å². The van der Waals surface area contributed by atoms with Crippen molar-refractivity contribution in [2.75, 3.05) is 19.7 Å². The summed E-state index contributed by atoms with van der Waals surface area (Å²) < 4.78 is 0. The third-order valence-corrected chi connectivity index (χ3v) is 1.63. The van der Waals surface area contributed by atoms with Gasteiger partial charge >= 0.3 is 5.97 Å². The second-order valence-corrected chi connectivity index (χ2v) is 2.89. The van der Waals surface area contributed by atoms with E-state index in [0.717, 1.165) is 0 Å². The van der Waals surface area contributed by atoms with Gasteiger partial charge in [-0.3, -0.25) is 4.79 Å². The highest BCUT2D eigenvalue weighted by molar-refractivity contribution is 5.84. The van der Waals surface area contributed by atoms with Crippen LogP contribution in [-0.2, 0) is 9.59 Å². The summed E-state index contributed by atoms with van der Waals surface area (Å²) in [5, 5.41) is 22.2. The van der Waals surface area contributed by atoms with Crippen molar-refractivity contribution in [3.63, 3.8) is 0 Å². The van der Waals surface area contributed by atoms with Crippen molar-refractivity contribution >= 4 is 11.9 Å². The van der Waals surface area contributed by atoms with E-state index in [4.69, 9.17) is 10.2 Å². The predicted molar refractivity (Wildman–Crippen MR) is 54.3 cm³/mol. The molecule has 6 nitrogen and oxygen atoms in total. The Kier molecular flexibility index (Phi) is 7.21. The van der Waals surface area contributed by atoms with Crippen molar-refractivity contribution in [2.24, 2.45) is 0 Å². The lowest BCUT2D eigenvalue weighted by Crippen LogP contribution is -2.45. The molecule has 0 spiro atoms. The molecule has 0 aromatic heterocycles. The molecule has 4 N–H and O–H groups in total. The van der Waals surface area contributed by atoms with Crippen LogP contribution in [0.5, 0.6) is 0 Å². The van der Waals surface area contributed by atoms with Gasteiger partial charge in [0.15, 0.2) is 0 Å². The van der Waals surface area contributed by atoms with E-state index in [1.807, 2.05) is 0 Å². The van der Waals surface area contributed by atoms with Crippen LogP contribution in [0.15, 0.2) is 12.7 Å². The smallest absolute Gasteiger partial charge is 0.326 e. The summed E-state index contributed by atoms with van der Waals surface area (Å²) in [5.41, 5.74) is 0. The Hall–Kier alpha value is -1.40. The van der Waals surface area contributed by atoms with Crippen LogP contribution < -0.4 is 10.6 Å². The third-order valence-electron chi connectivity index (χ3n) is 1.63. The fourth-order valence-corrected chi connectivity index (χ4v) is 0.920. The highest BCUT2D eigenvalue weighted by Crippen LogP contribution is 1.90. The number of hydrogen-bond donors (Lipinski definition) is 4. The molecule has 1 atom stereocenters. The minimum atomic E-state index is -1.15. The fraction of sp³-hybridized carbons (Fsp3) is 0.556. The van der Waals surface area contributed by atoms with Gasteiger partial charge in [0, 0.05) is 19.6 Å². The normalized spacial score (nSPS) is 11.8. The van der Waals surface area contributed by atoms with Gasteiger partial charge in [0.05, 0.1) is 6.54 Å². The Bertz CT molecular complexity index is 230. The summed E-state index contributed by atoms with van der Waals surface area (Å²) in [6.45, 7) is 3.68. The summed E-state index contributed by atoms with van der Waals surface area (Å²) in [6, 6.07) is -1.03. The van der Waals surface area contributed by atoms with Crippen LogP contribution in [0.3, 0.4) is 0 Å². The third kappa shape index (κ3) is 6.64. The van der Waals surface area contributed by atoms with Crippen molar-refractivity contribution in [1.82, 2.24) is 10.6 Å². The summed E-state index contributed by atoms with van der Waals surface area (Å²) >= 11 is 0. The molecule has 0 heterocycles. The molecule has 0 saturated heterocycles. The molecule has 0 rings (SSSR count). The molecule has 0 fully saturated rings. The topological polar surface area (TPSA) is 98.7 Å². The zero-order valence-corrected chi connectivity index (χ0v) is 8.40. The number of amides is 1. The SMILES string of the molecule is C=CCNCC(=O)NC(CCO)C(=O)O. The number of aliphatic hydroxyl groups excluding tert-OH is 1. The Labute approximate surface area is 88.0 Å². The molecule has 0 aromatic carbocycles. The average molecular weight is 216 g/mol. The van der Waals surface area contributed by atoms with E-state index < -0.39 is 17.9 Å². The number of carbonyl (C=O) groups is 2. The van der Waals surface area contributed by atoms with Crippen LogP contribution in [-0.4, -0.2) is 47.8 Å². The van der Waals surface area contributed by atoms with Gasteiger partial charge in [0.25, 0.3) is 0 Å². The number of aliphatic hydroxyl groups is 1. The maximum atomic E-state index is 11.2. The zero-order chi connectivity index (χ0) is 11.7. The van der Waals surface area contributed by atoms with Gasteiger partial charge in [-0.15, -0.1) is 6.58 Å². The molecular weight excluding hydrogens is 200 g/mol. The number of hydrogen-bond acceptors (Lipinski definition) is 4. The van der Waals surface area contributed by atoms with E-state index in [1.165, 1.54) is 0 Å². The van der Waals surface area contributed by atoms with Gasteiger partial charge in [-0.1, -0.05) is 6.08 Å². The number of rotatable bonds is 8. The lowest BCUT2D eigenvalue weighted by Gasteiger charge is -2.13. The molecule has 0 aliphatic heterocycles. The van der Waals surface area contributed by atoms with E-state index in [0.29, 0.717) is 6.54 Å². The summed E-state index contributed by atoms with van der Waals surface area (Å²) in [6.07, 6.45) is 1.60. The van der Waals surface area contributed by atoms with Crippen LogP contribution in [0.4, 0.5) is 0 Å². The highest BCUT2D eigenvalue weighted by Gasteiger charge is 2.18. The quantitative estimate of drug-likeness (QED) is 0.299. The first-order valence-corrected chi connectivity index (χ1v) is 4.56. The summed E-state index contributed by atoms with van der Waals surface area (Å²) in [7, 11) is 0. The van der Waals surface area contributed by atoms with Crippen molar-refractivity contribution in [3.05, 3.63) is 12.7 Å². The first-order valence-electron chi connectivity index (χ1n) is 4.56. The van der Waals surface area contributed by atoms with Crippen molar-refractivity contribution in [2.45, 2.75) is 12.5 Å². The second-order valence-electron chi connectivity index (χ2n) is 2.89. The minimum absolute atomic E-state index is 0.00251. The lowest BCUT2D eigenvalue weighted by atomic mass is 10.2. The van der Waals surface area contributed by atoms with Crippen LogP contribution >= 0.6 is 0 Å². The number of carboxylic acid groups (broad SMARTS) is 1. The first kappa shape index (κ1) is 13.6. The maximum Gasteiger partial charge on any atom is 0.326 e. The maximum absolute atomic E-state index is 11.2. The monoisotopic (exact) mass is 216 g/mol. The van der Waals surface area contributed by atoms with E-state index in [1.54, 1.807) is 6.08 Å². The Balaban J connectivity index is 3.88. The lowest BCUT2D eigenvalue weighted by molar-refractivity contribution is -0.142. The molecule has 0 aliphatic carbocycles. The molecular formula is C9H16N2O4. The van der Waals surface area contributed by atoms with Crippen LogP contribution in [0.1, 0.15) is 6.42 Å². The highest BCUT2D eigenvalue weighted by atomic mass is 16.4. The van der Waals surface area contributed by atoms with E-state index >= 15 is 0 Å². The van der Waals surface area contributed by atoms with Gasteiger partial charge in [-0.05, 0) is 0 Å². The van der Waals surface area contributed by atoms with Crippen LogP contribution in [0, 0.1) is 0 Å². The second kappa shape index (κ2) is 7.95. The molecule has 15 heavy (non-hydrogen) atoms. The Morgan fingerprint density at radius 2 is 2.13 bits per heavy atom. The Morgan fingerprint density at radius 3 is 2.60 bits per heavy atom. The molecule has 6 heteroatoms. The van der Waals surface area contributed by atoms with E-state index in [2.05, 4.69) is 17.2 Å². The van der Waals surface area contributed by atoms with Gasteiger partial charge in [0.2, 0.25) is 5.91 Å². The number of nitrogens with one attached hydrogen (secondary N) is 2. The van der Waals surface area contributed by atoms with Gasteiger partial charge in [-0.25, -0.2) is 4.79 Å². The molecule has 0 bridgehead atoms. The molecule has 86 valence electrons. The van der Waals surface area contributed by atoms with Crippen molar-refractivity contribution in [3.8, 4) is 0 Å². The van der Waals surface area contributed by atoms with E-state index in [-0.39, 0.29) is 19.6 Å². The van der Waals surface area contributed by atoms with Crippen LogP contribution in [0.2, 0.25) is 0 Å². The summed E-state index contributed by atoms with van der Waals surface area (Å²) in [5.74, 6) is -1.57. The minimum Gasteiger partial charge on any atom is -0.480 e. The number of aliphatic carboxylic acids is 1. The molecule has 0 radical (unpaired) electrons. The van der Waals surface area contributed by atoms with Gasteiger partial charge < -0.3 is 20.8 Å². The molecule has 0 aliphatic rings. The first-order chi connectivity index (χ1) is 7.11. The number of carbonyl (C=O) groups excluding carboxylic acids is 1. The zero-order valence-electron chi connectivity index (χ0n) is 8.40. The summed E-state index contributed by atoms with van der Waals surface area (Å²) in [4.78, 5) is 21.7. The Morgan fingerprint density at radius 1 is 1.47 bits per heavy atom. The predicted octanol–water partition coefficient (Wildman–Crippen LogP) is -1.29. The fourth-order valence-electron chi connectivity index (χ4n) is 0.920.